The van der Waals surface area contributed by atoms with Crippen LogP contribution in [0.1, 0.15) is 76.0 Å². The van der Waals surface area contributed by atoms with Crippen molar-refractivity contribution in [2.45, 2.75) is 70.1 Å². The lowest BCUT2D eigenvalue weighted by atomic mass is 9.25. The maximum Gasteiger partial charge on any atom is 0.0541 e. The van der Waals surface area contributed by atoms with E-state index in [1.165, 1.54) is 116 Å². The molecule has 7 saturated carbocycles. The Hall–Kier alpha value is -5.86. The fourth-order valence-corrected chi connectivity index (χ4v) is 16.1. The van der Waals surface area contributed by atoms with Crippen LogP contribution in [-0.2, 0) is 10.8 Å². The van der Waals surface area contributed by atoms with E-state index in [1.54, 1.807) is 5.56 Å². The van der Waals surface area contributed by atoms with Gasteiger partial charge >= 0.3 is 0 Å². The monoisotopic (exact) mass is 802 g/mol. The van der Waals surface area contributed by atoms with Crippen molar-refractivity contribution in [2.24, 2.45) is 40.9 Å². The third-order valence-corrected chi connectivity index (χ3v) is 18.4. The smallest absolute Gasteiger partial charge is 0.0541 e. The minimum absolute atomic E-state index is 0.0734. The summed E-state index contributed by atoms with van der Waals surface area (Å²) in [5.41, 5.74) is 17.7. The lowest BCUT2D eigenvalue weighted by molar-refractivity contribution is -0.266. The predicted molar refractivity (Wildman–Crippen MR) is 257 cm³/mol. The molecule has 8 unspecified atom stereocenters. The largest absolute Gasteiger partial charge is 0.310 e. The number of hydrogen-bond donors (Lipinski definition) is 0. The molecule has 8 aromatic rings. The molecular weight excluding hydrogens is 749 g/mol. The Morgan fingerprint density at radius 2 is 1.11 bits per heavy atom. The van der Waals surface area contributed by atoms with Crippen LogP contribution in [0.3, 0.4) is 0 Å². The van der Waals surface area contributed by atoms with Gasteiger partial charge in [-0.3, -0.25) is 0 Å². The Morgan fingerprint density at radius 3 is 1.94 bits per heavy atom. The molecule has 8 atom stereocenters. The molecule has 0 amide bonds. The Bertz CT molecular complexity index is 3120. The number of para-hydroxylation sites is 2. The van der Waals surface area contributed by atoms with Crippen molar-refractivity contribution in [1.29, 1.82) is 0 Å². The van der Waals surface area contributed by atoms with E-state index in [2.05, 4.69) is 194 Å². The van der Waals surface area contributed by atoms with Gasteiger partial charge in [0.05, 0.1) is 11.0 Å². The van der Waals surface area contributed by atoms with Gasteiger partial charge in [0.15, 0.2) is 0 Å². The first-order valence-corrected chi connectivity index (χ1v) is 23.6. The molecule has 1 heterocycles. The van der Waals surface area contributed by atoms with Crippen LogP contribution in [0, 0.1) is 40.9 Å². The number of anilines is 3. The summed E-state index contributed by atoms with van der Waals surface area (Å²) in [5, 5.41) is 2.56. The zero-order chi connectivity index (χ0) is 41.1. The lowest BCUT2D eigenvalue weighted by Crippen LogP contribution is -2.74. The summed E-state index contributed by atoms with van der Waals surface area (Å²) < 4.78 is 2.40. The first-order valence-electron chi connectivity index (χ1n) is 23.6. The number of hydrogen-bond acceptors (Lipinski definition) is 1. The van der Waals surface area contributed by atoms with Gasteiger partial charge in [-0.2, -0.15) is 0 Å². The highest BCUT2D eigenvalue weighted by Crippen LogP contribution is 2.80. The van der Waals surface area contributed by atoms with Gasteiger partial charge < -0.3 is 9.47 Å². The Labute approximate surface area is 366 Å². The minimum Gasteiger partial charge on any atom is -0.310 e. The zero-order valence-electron chi connectivity index (χ0n) is 36.2. The third kappa shape index (κ3) is 4.56. The SMILES string of the molecule is CC1(C)c2ccccc2-c2ccc(N(c3ccc(-c4ccc5c(c4)c4ccccc4n5-c4ccccc4)cc3)c3ccc(C45CC6CC7C8CC(CC74)CC5(C)C8C6)cc3)cc21. The maximum absolute atomic E-state index is 2.76. The zero-order valence-corrected chi connectivity index (χ0v) is 36.2. The second-order valence-corrected chi connectivity index (χ2v) is 21.3. The molecule has 8 aliphatic rings. The Kier molecular flexibility index (Phi) is 7.14. The Balaban J connectivity index is 0.876. The molecule has 0 spiro atoms. The van der Waals surface area contributed by atoms with Crippen LogP contribution < -0.4 is 4.90 Å². The van der Waals surface area contributed by atoms with E-state index in [0.717, 1.165) is 35.5 Å². The molecule has 62 heavy (non-hydrogen) atoms. The molecule has 8 aliphatic carbocycles. The summed E-state index contributed by atoms with van der Waals surface area (Å²) in [4.78, 5) is 2.53. The fourth-order valence-electron chi connectivity index (χ4n) is 16.1. The molecule has 8 bridgehead atoms. The molecule has 0 saturated heterocycles. The number of fused-ring (bicyclic) bond motifs is 6. The highest BCUT2D eigenvalue weighted by molar-refractivity contribution is 6.10. The van der Waals surface area contributed by atoms with Gasteiger partial charge in [0.2, 0.25) is 0 Å². The summed E-state index contributed by atoms with van der Waals surface area (Å²) in [5.74, 6) is 5.68. The van der Waals surface area contributed by atoms with E-state index >= 15 is 0 Å². The van der Waals surface area contributed by atoms with Crippen molar-refractivity contribution in [2.75, 3.05) is 4.90 Å². The number of nitrogens with zero attached hydrogens (tertiary/aromatic N) is 2. The highest BCUT2D eigenvalue weighted by atomic mass is 15.1. The van der Waals surface area contributed by atoms with Crippen LogP contribution in [0.5, 0.6) is 0 Å². The fraction of sp³-hybridized carbons (Fsp3) is 0.300. The quantitative estimate of drug-likeness (QED) is 0.163. The van der Waals surface area contributed by atoms with Crippen molar-refractivity contribution in [3.63, 3.8) is 0 Å². The third-order valence-electron chi connectivity index (χ3n) is 18.4. The van der Waals surface area contributed by atoms with Crippen LogP contribution >= 0.6 is 0 Å². The van der Waals surface area contributed by atoms with Crippen molar-refractivity contribution >= 4 is 38.9 Å². The molecule has 2 nitrogen and oxygen atoms in total. The first kappa shape index (κ1) is 35.7. The topological polar surface area (TPSA) is 8.17 Å². The van der Waals surface area contributed by atoms with Gasteiger partial charge in [-0.1, -0.05) is 118 Å². The number of aromatic nitrogens is 1. The van der Waals surface area contributed by atoms with Gasteiger partial charge in [0.1, 0.15) is 0 Å². The van der Waals surface area contributed by atoms with Crippen molar-refractivity contribution in [3.8, 4) is 27.9 Å². The maximum atomic E-state index is 2.76. The average molecular weight is 803 g/mol. The van der Waals surface area contributed by atoms with Crippen LogP contribution in [0.2, 0.25) is 0 Å². The molecule has 7 fully saturated rings. The number of rotatable bonds is 6. The average Bonchev–Trinajstić information content (AvgIpc) is 3.76. The normalized spacial score (nSPS) is 29.1. The second kappa shape index (κ2) is 12.4. The summed E-state index contributed by atoms with van der Waals surface area (Å²) in [6.45, 7) is 7.55. The van der Waals surface area contributed by atoms with Crippen LogP contribution in [0.25, 0.3) is 49.7 Å². The summed E-state index contributed by atoms with van der Waals surface area (Å²) in [7, 11) is 0. The van der Waals surface area contributed by atoms with Gasteiger partial charge in [0.25, 0.3) is 0 Å². The van der Waals surface area contributed by atoms with E-state index in [4.69, 9.17) is 0 Å². The highest BCUT2D eigenvalue weighted by Gasteiger charge is 2.75. The van der Waals surface area contributed by atoms with Gasteiger partial charge in [-0.15, -0.1) is 0 Å². The van der Waals surface area contributed by atoms with Crippen LogP contribution in [-0.4, -0.2) is 4.57 Å². The van der Waals surface area contributed by atoms with Gasteiger partial charge in [0, 0.05) is 44.4 Å². The summed E-state index contributed by atoms with van der Waals surface area (Å²) in [6, 6.07) is 62.4. The lowest BCUT2D eigenvalue weighted by Gasteiger charge is -2.79. The standard InChI is InChI=1S/C60H54N2/c1-58(2)52-15-9-7-13-46(52)47-27-26-45(34-53(47)58)61(44-24-20-41(21-25-44)60-36-38-30-50-49-29-37(32-55(50)60)35-59(60,3)54(49)31-38)43-22-17-39(18-23-43)40-19-28-57-51(33-40)48-14-8-10-16-56(48)62(57)42-11-5-4-6-12-42/h4-28,33-34,37-38,49-50,54-55H,29-32,35-36H2,1-3H3. The summed E-state index contributed by atoms with van der Waals surface area (Å²) >= 11 is 0. The molecule has 2 heteroatoms. The predicted octanol–water partition coefficient (Wildman–Crippen LogP) is 15.6. The number of benzene rings is 7. The Morgan fingerprint density at radius 1 is 0.484 bits per heavy atom. The molecular formula is C60H54N2. The molecule has 7 aromatic carbocycles. The molecule has 0 radical (unpaired) electrons. The van der Waals surface area contributed by atoms with Crippen LogP contribution in [0.15, 0.2) is 164 Å². The van der Waals surface area contributed by atoms with Crippen LogP contribution in [0.4, 0.5) is 17.1 Å². The van der Waals surface area contributed by atoms with E-state index in [0.29, 0.717) is 10.8 Å². The van der Waals surface area contributed by atoms with Crippen molar-refractivity contribution in [3.05, 3.63) is 180 Å². The van der Waals surface area contributed by atoms with E-state index in [-0.39, 0.29) is 5.41 Å². The molecule has 0 N–H and O–H groups in total. The van der Waals surface area contributed by atoms with Crippen molar-refractivity contribution < 1.29 is 0 Å². The molecule has 16 rings (SSSR count). The summed E-state index contributed by atoms with van der Waals surface area (Å²) in [6.07, 6.45) is 8.91. The minimum atomic E-state index is -0.0734. The first-order chi connectivity index (χ1) is 30.3. The molecule has 0 aliphatic heterocycles. The molecule has 1 aromatic heterocycles. The van der Waals surface area contributed by atoms with Gasteiger partial charge in [-0.05, 0) is 185 Å². The molecule has 304 valence electrons. The van der Waals surface area contributed by atoms with E-state index in [9.17, 15) is 0 Å². The van der Waals surface area contributed by atoms with Crippen molar-refractivity contribution in [1.82, 2.24) is 4.57 Å². The van der Waals surface area contributed by atoms with E-state index < -0.39 is 0 Å². The van der Waals surface area contributed by atoms with E-state index in [1.807, 2.05) is 0 Å². The second-order valence-electron chi connectivity index (χ2n) is 21.3. The van der Waals surface area contributed by atoms with Gasteiger partial charge in [-0.25, -0.2) is 0 Å².